The number of nitrogens with zero attached hydrogens (tertiary/aromatic N) is 2. The standard InChI is InChI=1S/C20H20F3N5O2/c1-12-8-25-19(26-11-20(21,22)23)28-17(12)14-7-15(24-9-14)18(30)27-16(10-29)13-5-3-2-4-6-13/h2-9,16,24,29H,10-11H2,1H3,(H,27,30)(H,25,26,28). The van der Waals surface area contributed by atoms with E-state index in [-0.39, 0.29) is 18.2 Å². The molecule has 3 aromatic rings. The third-order valence-electron chi connectivity index (χ3n) is 4.31. The van der Waals surface area contributed by atoms with E-state index in [0.29, 0.717) is 16.8 Å². The first-order valence-corrected chi connectivity index (χ1v) is 9.06. The number of aromatic amines is 1. The van der Waals surface area contributed by atoms with Gasteiger partial charge in [0.05, 0.1) is 18.3 Å². The monoisotopic (exact) mass is 419 g/mol. The Hall–Kier alpha value is -3.40. The van der Waals surface area contributed by atoms with E-state index in [1.807, 2.05) is 6.07 Å². The van der Waals surface area contributed by atoms with Crippen LogP contribution in [0.25, 0.3) is 11.3 Å². The minimum Gasteiger partial charge on any atom is -0.394 e. The molecule has 0 spiro atoms. The van der Waals surface area contributed by atoms with Crippen LogP contribution in [0, 0.1) is 6.92 Å². The Bertz CT molecular complexity index is 1010. The minimum atomic E-state index is -4.39. The summed E-state index contributed by atoms with van der Waals surface area (Å²) in [5, 5.41) is 14.5. The average molecular weight is 419 g/mol. The molecule has 0 saturated heterocycles. The first-order chi connectivity index (χ1) is 14.3. The van der Waals surface area contributed by atoms with Crippen molar-refractivity contribution in [1.82, 2.24) is 20.3 Å². The van der Waals surface area contributed by atoms with E-state index >= 15 is 0 Å². The van der Waals surface area contributed by atoms with Crippen LogP contribution in [0.15, 0.2) is 48.8 Å². The molecule has 158 valence electrons. The van der Waals surface area contributed by atoms with Crippen LogP contribution in [0.1, 0.15) is 27.7 Å². The summed E-state index contributed by atoms with van der Waals surface area (Å²) in [7, 11) is 0. The summed E-state index contributed by atoms with van der Waals surface area (Å²) in [6, 6.07) is 9.99. The van der Waals surface area contributed by atoms with Crippen molar-refractivity contribution in [3.8, 4) is 11.3 Å². The maximum Gasteiger partial charge on any atom is 0.405 e. The van der Waals surface area contributed by atoms with Crippen molar-refractivity contribution in [2.24, 2.45) is 0 Å². The Morgan fingerprint density at radius 3 is 2.67 bits per heavy atom. The van der Waals surface area contributed by atoms with Gasteiger partial charge in [0.1, 0.15) is 12.2 Å². The maximum atomic E-state index is 12.6. The highest BCUT2D eigenvalue weighted by Crippen LogP contribution is 2.24. The Balaban J connectivity index is 1.76. The molecule has 1 unspecified atom stereocenters. The fourth-order valence-electron chi connectivity index (χ4n) is 2.82. The minimum absolute atomic E-state index is 0.162. The summed E-state index contributed by atoms with van der Waals surface area (Å²) in [6.45, 7) is 0.188. The Morgan fingerprint density at radius 1 is 1.27 bits per heavy atom. The lowest BCUT2D eigenvalue weighted by Gasteiger charge is -2.16. The van der Waals surface area contributed by atoms with Gasteiger partial charge < -0.3 is 20.7 Å². The number of anilines is 1. The summed E-state index contributed by atoms with van der Waals surface area (Å²) in [5.74, 6) is -0.601. The van der Waals surface area contributed by atoms with Crippen molar-refractivity contribution in [1.29, 1.82) is 0 Å². The molecule has 4 N–H and O–H groups in total. The summed E-state index contributed by atoms with van der Waals surface area (Å²) < 4.78 is 37.2. The van der Waals surface area contributed by atoms with Crippen molar-refractivity contribution in [2.45, 2.75) is 19.1 Å². The Labute approximate surface area is 170 Å². The van der Waals surface area contributed by atoms with E-state index in [0.717, 1.165) is 5.56 Å². The molecule has 1 amide bonds. The van der Waals surface area contributed by atoms with Gasteiger partial charge in [0.25, 0.3) is 5.91 Å². The summed E-state index contributed by atoms with van der Waals surface area (Å²) >= 11 is 0. The number of rotatable bonds is 7. The van der Waals surface area contributed by atoms with Crippen molar-refractivity contribution >= 4 is 11.9 Å². The van der Waals surface area contributed by atoms with Gasteiger partial charge in [-0.15, -0.1) is 0 Å². The van der Waals surface area contributed by atoms with Gasteiger partial charge in [0.15, 0.2) is 0 Å². The number of halogens is 3. The molecule has 1 atom stereocenters. The Morgan fingerprint density at radius 2 is 2.00 bits per heavy atom. The zero-order valence-corrected chi connectivity index (χ0v) is 16.0. The second kappa shape index (κ2) is 8.95. The molecule has 0 aliphatic rings. The number of alkyl halides is 3. The highest BCUT2D eigenvalue weighted by Gasteiger charge is 2.27. The zero-order chi connectivity index (χ0) is 21.7. The van der Waals surface area contributed by atoms with E-state index < -0.39 is 24.7 Å². The predicted molar refractivity (Wildman–Crippen MR) is 105 cm³/mol. The molecule has 2 heterocycles. The van der Waals surface area contributed by atoms with Crippen LogP contribution in [0.4, 0.5) is 19.1 Å². The van der Waals surface area contributed by atoms with Crippen LogP contribution < -0.4 is 10.6 Å². The van der Waals surface area contributed by atoms with E-state index in [2.05, 4.69) is 25.6 Å². The van der Waals surface area contributed by atoms with Gasteiger partial charge in [-0.3, -0.25) is 4.79 Å². The number of amides is 1. The predicted octanol–water partition coefficient (Wildman–Crippen LogP) is 3.22. The lowest BCUT2D eigenvalue weighted by atomic mass is 10.1. The van der Waals surface area contributed by atoms with Gasteiger partial charge >= 0.3 is 6.18 Å². The van der Waals surface area contributed by atoms with Crippen LogP contribution in [-0.2, 0) is 0 Å². The fourth-order valence-corrected chi connectivity index (χ4v) is 2.82. The van der Waals surface area contributed by atoms with Crippen molar-refractivity contribution in [2.75, 3.05) is 18.5 Å². The molecule has 1 aromatic carbocycles. The van der Waals surface area contributed by atoms with Gasteiger partial charge in [0.2, 0.25) is 5.95 Å². The summed E-state index contributed by atoms with van der Waals surface area (Å²) in [6.07, 6.45) is -1.45. The molecular formula is C20H20F3N5O2. The molecule has 30 heavy (non-hydrogen) atoms. The van der Waals surface area contributed by atoms with Crippen LogP contribution in [0.2, 0.25) is 0 Å². The number of H-pyrrole nitrogens is 1. The number of carbonyl (C=O) groups excluding carboxylic acids is 1. The first kappa shape index (κ1) is 21.3. The Kier molecular flexibility index (Phi) is 6.36. The zero-order valence-electron chi connectivity index (χ0n) is 16.0. The smallest absolute Gasteiger partial charge is 0.394 e. The molecule has 0 aliphatic carbocycles. The number of aliphatic hydroxyl groups is 1. The van der Waals surface area contributed by atoms with E-state index in [9.17, 15) is 23.1 Å². The van der Waals surface area contributed by atoms with Gasteiger partial charge in [-0.1, -0.05) is 30.3 Å². The SMILES string of the molecule is Cc1cnc(NCC(F)(F)F)nc1-c1c[nH]c(C(=O)NC(CO)c2ccccc2)c1. The topological polar surface area (TPSA) is 103 Å². The third kappa shape index (κ3) is 5.35. The van der Waals surface area contributed by atoms with E-state index in [4.69, 9.17) is 0 Å². The molecular weight excluding hydrogens is 399 g/mol. The van der Waals surface area contributed by atoms with Crippen LogP contribution >= 0.6 is 0 Å². The molecule has 0 fully saturated rings. The molecule has 2 aromatic heterocycles. The van der Waals surface area contributed by atoms with Gasteiger partial charge in [-0.25, -0.2) is 9.97 Å². The number of hydrogen-bond donors (Lipinski definition) is 4. The summed E-state index contributed by atoms with van der Waals surface area (Å²) in [4.78, 5) is 23.4. The average Bonchev–Trinajstić information content (AvgIpc) is 3.21. The second-order valence-electron chi connectivity index (χ2n) is 6.62. The highest BCUT2D eigenvalue weighted by atomic mass is 19.4. The third-order valence-corrected chi connectivity index (χ3v) is 4.31. The largest absolute Gasteiger partial charge is 0.405 e. The molecule has 0 bridgehead atoms. The number of carbonyl (C=O) groups is 1. The van der Waals surface area contributed by atoms with Gasteiger partial charge in [-0.2, -0.15) is 13.2 Å². The quantitative estimate of drug-likeness (QED) is 0.471. The molecule has 0 radical (unpaired) electrons. The normalized spacial score (nSPS) is 12.4. The number of benzene rings is 1. The van der Waals surface area contributed by atoms with E-state index in [1.165, 1.54) is 18.5 Å². The number of nitrogens with one attached hydrogen (secondary N) is 3. The molecule has 0 aliphatic heterocycles. The van der Waals surface area contributed by atoms with Gasteiger partial charge in [0, 0.05) is 18.0 Å². The van der Waals surface area contributed by atoms with Crippen molar-refractivity contribution in [3.05, 3.63) is 65.6 Å². The molecule has 0 saturated carbocycles. The fraction of sp³-hybridized carbons (Fsp3) is 0.250. The van der Waals surface area contributed by atoms with Crippen LogP contribution in [-0.4, -0.2) is 45.3 Å². The molecule has 10 heteroatoms. The van der Waals surface area contributed by atoms with Crippen LogP contribution in [0.3, 0.4) is 0 Å². The molecule has 3 rings (SSSR count). The van der Waals surface area contributed by atoms with Crippen molar-refractivity contribution < 1.29 is 23.1 Å². The lowest BCUT2D eigenvalue weighted by molar-refractivity contribution is -0.115. The summed E-state index contributed by atoms with van der Waals surface area (Å²) in [5.41, 5.74) is 2.53. The number of aryl methyl sites for hydroxylation is 1. The number of aliphatic hydroxyl groups excluding tert-OH is 1. The van der Waals surface area contributed by atoms with E-state index in [1.54, 1.807) is 31.2 Å². The van der Waals surface area contributed by atoms with Crippen LogP contribution in [0.5, 0.6) is 0 Å². The first-order valence-electron chi connectivity index (χ1n) is 9.06. The van der Waals surface area contributed by atoms with Gasteiger partial charge in [-0.05, 0) is 24.1 Å². The van der Waals surface area contributed by atoms with Crippen molar-refractivity contribution in [3.63, 3.8) is 0 Å². The molecule has 7 nitrogen and oxygen atoms in total. The number of hydrogen-bond acceptors (Lipinski definition) is 5. The maximum absolute atomic E-state index is 12.6. The lowest BCUT2D eigenvalue weighted by Crippen LogP contribution is -2.30. The number of aromatic nitrogens is 3. The second-order valence-corrected chi connectivity index (χ2v) is 6.62. The highest BCUT2D eigenvalue weighted by molar-refractivity contribution is 5.94.